The Bertz CT molecular complexity index is 762. The number of nitrogens with one attached hydrogen (secondary N) is 1. The third-order valence-electron chi connectivity index (χ3n) is 6.36. The van der Waals surface area contributed by atoms with Crippen LogP contribution >= 0.6 is 0 Å². The Kier molecular flexibility index (Phi) is 36.3. The molecule has 0 unspecified atom stereocenters. The lowest BCUT2D eigenvalue weighted by atomic mass is 10.0. The zero-order chi connectivity index (χ0) is 36.0. The maximum Gasteiger partial charge on any atom is 0.223 e. The number of hydrogen-bond donors (Lipinski definition) is 1. The zero-order valence-corrected chi connectivity index (χ0v) is 30.2. The first-order valence-electron chi connectivity index (χ1n) is 17.0. The highest BCUT2D eigenvalue weighted by molar-refractivity contribution is 5.90. The van der Waals surface area contributed by atoms with Gasteiger partial charge in [-0.15, -0.1) is 0 Å². The van der Waals surface area contributed by atoms with E-state index < -0.39 is 12.0 Å². The van der Waals surface area contributed by atoms with E-state index in [1.165, 1.54) is 6.92 Å². The van der Waals surface area contributed by atoms with E-state index in [4.69, 9.17) is 56.8 Å². The van der Waals surface area contributed by atoms with E-state index in [2.05, 4.69) is 5.32 Å². The molecule has 0 rings (SSSR count). The van der Waals surface area contributed by atoms with Crippen LogP contribution in [0.25, 0.3) is 0 Å². The molecular formula is C33H63NO15. The average molecular weight is 714 g/mol. The smallest absolute Gasteiger partial charge is 0.223 e. The van der Waals surface area contributed by atoms with Crippen molar-refractivity contribution in [3.63, 3.8) is 0 Å². The molecule has 290 valence electrons. The molecule has 1 amide bonds. The van der Waals surface area contributed by atoms with Gasteiger partial charge in [-0.2, -0.15) is 0 Å². The maximum atomic E-state index is 12.0. The number of Topliss-reactive ketones (excluding diaryl/α,β-unsaturated/α-hetero) is 2. The van der Waals surface area contributed by atoms with Gasteiger partial charge in [-0.25, -0.2) is 0 Å². The van der Waals surface area contributed by atoms with Gasteiger partial charge >= 0.3 is 0 Å². The number of ether oxygens (including phenoxy) is 12. The SMILES string of the molecule is COCCOCCOCCOCCOCCOCCOCCOCCOCCOCCOCCOCC(=O)C[C@H](C)C(=O)N[C@H](C)C(C)=O. The van der Waals surface area contributed by atoms with Crippen LogP contribution in [-0.4, -0.2) is 183 Å². The van der Waals surface area contributed by atoms with Crippen LogP contribution in [0, 0.1) is 5.92 Å². The molecule has 0 aromatic rings. The van der Waals surface area contributed by atoms with Crippen molar-refractivity contribution in [3.05, 3.63) is 0 Å². The van der Waals surface area contributed by atoms with Gasteiger partial charge in [-0.3, -0.25) is 14.4 Å². The number of amides is 1. The van der Waals surface area contributed by atoms with E-state index in [1.807, 2.05) is 0 Å². The summed E-state index contributed by atoms with van der Waals surface area (Å²) < 4.78 is 64.5. The summed E-state index contributed by atoms with van der Waals surface area (Å²) in [4.78, 5) is 35.2. The van der Waals surface area contributed by atoms with Crippen LogP contribution in [0.5, 0.6) is 0 Å². The van der Waals surface area contributed by atoms with Gasteiger partial charge in [0.1, 0.15) is 6.61 Å². The van der Waals surface area contributed by atoms with Crippen LogP contribution < -0.4 is 5.32 Å². The second-order valence-electron chi connectivity index (χ2n) is 10.7. The summed E-state index contributed by atoms with van der Waals surface area (Å²) in [7, 11) is 1.64. The quantitative estimate of drug-likeness (QED) is 0.0870. The highest BCUT2D eigenvalue weighted by atomic mass is 16.6. The maximum absolute atomic E-state index is 12.0. The van der Waals surface area contributed by atoms with E-state index in [1.54, 1.807) is 21.0 Å². The van der Waals surface area contributed by atoms with Crippen molar-refractivity contribution in [1.82, 2.24) is 5.32 Å². The minimum Gasteiger partial charge on any atom is -0.382 e. The van der Waals surface area contributed by atoms with Crippen LogP contribution in [0.1, 0.15) is 27.2 Å². The summed E-state index contributed by atoms with van der Waals surface area (Å²) in [5.74, 6) is -1.19. The molecule has 49 heavy (non-hydrogen) atoms. The average Bonchev–Trinajstić information content (AvgIpc) is 3.08. The Hall–Kier alpha value is -1.67. The molecule has 16 nitrogen and oxygen atoms in total. The molecule has 0 fully saturated rings. The number of carbonyl (C=O) groups is 3. The van der Waals surface area contributed by atoms with Crippen LogP contribution in [0.4, 0.5) is 0 Å². The number of ketones is 2. The van der Waals surface area contributed by atoms with Crippen molar-refractivity contribution < 1.29 is 71.2 Å². The number of hydrogen-bond acceptors (Lipinski definition) is 15. The lowest BCUT2D eigenvalue weighted by Gasteiger charge is -2.15. The predicted molar refractivity (Wildman–Crippen MR) is 178 cm³/mol. The van der Waals surface area contributed by atoms with Crippen molar-refractivity contribution in [3.8, 4) is 0 Å². The summed E-state index contributed by atoms with van der Waals surface area (Å²) in [5.41, 5.74) is 0. The van der Waals surface area contributed by atoms with Crippen molar-refractivity contribution in [2.75, 3.05) is 159 Å². The molecule has 0 aromatic carbocycles. The first-order chi connectivity index (χ1) is 23.9. The van der Waals surface area contributed by atoms with Crippen LogP contribution in [-0.2, 0) is 71.2 Å². The van der Waals surface area contributed by atoms with Gasteiger partial charge < -0.3 is 62.2 Å². The van der Waals surface area contributed by atoms with Gasteiger partial charge in [0.2, 0.25) is 5.91 Å². The van der Waals surface area contributed by atoms with E-state index in [-0.39, 0.29) is 37.1 Å². The van der Waals surface area contributed by atoms with Gasteiger partial charge in [-0.1, -0.05) is 6.92 Å². The summed E-state index contributed by atoms with van der Waals surface area (Å²) in [6, 6.07) is -0.569. The van der Waals surface area contributed by atoms with Crippen molar-refractivity contribution in [2.45, 2.75) is 33.2 Å². The predicted octanol–water partition coefficient (Wildman–Crippen LogP) is 0.504. The summed E-state index contributed by atoms with van der Waals surface area (Å²) in [6.45, 7) is 15.0. The lowest BCUT2D eigenvalue weighted by Crippen LogP contribution is -2.40. The standard InChI is InChI=1S/C33H63NO15/c1-29(33(37)34-30(2)31(3)35)27-32(36)28-49-26-25-48-24-23-47-22-21-46-20-19-45-18-17-44-16-15-43-14-13-42-12-11-41-10-9-40-8-7-39-6-5-38-4/h29-30H,5-28H2,1-4H3,(H,34,37)/t29-,30+/m0/s1. The summed E-state index contributed by atoms with van der Waals surface area (Å²) in [5, 5.41) is 2.58. The molecule has 2 atom stereocenters. The lowest BCUT2D eigenvalue weighted by molar-refractivity contribution is -0.132. The second-order valence-corrected chi connectivity index (χ2v) is 10.7. The Morgan fingerprint density at radius 3 is 0.980 bits per heavy atom. The number of methoxy groups -OCH3 is 1. The molecule has 0 saturated carbocycles. The van der Waals surface area contributed by atoms with Crippen molar-refractivity contribution in [2.24, 2.45) is 5.92 Å². The fourth-order valence-electron chi connectivity index (χ4n) is 3.48. The monoisotopic (exact) mass is 713 g/mol. The molecular weight excluding hydrogens is 650 g/mol. The molecule has 0 bridgehead atoms. The Balaban J connectivity index is 3.22. The van der Waals surface area contributed by atoms with Crippen LogP contribution in [0.3, 0.4) is 0 Å². The topological polar surface area (TPSA) is 174 Å². The molecule has 0 spiro atoms. The Morgan fingerprint density at radius 2 is 0.714 bits per heavy atom. The van der Waals surface area contributed by atoms with Gasteiger partial charge in [0.15, 0.2) is 11.6 Å². The number of rotatable bonds is 40. The number of carbonyl (C=O) groups excluding carboxylic acids is 3. The van der Waals surface area contributed by atoms with Crippen molar-refractivity contribution in [1.29, 1.82) is 0 Å². The molecule has 0 saturated heterocycles. The van der Waals surface area contributed by atoms with Gasteiger partial charge in [0.05, 0.1) is 151 Å². The second kappa shape index (κ2) is 37.6. The Labute approximate surface area is 292 Å². The molecule has 0 heterocycles. The third-order valence-corrected chi connectivity index (χ3v) is 6.36. The highest BCUT2D eigenvalue weighted by Crippen LogP contribution is 2.04. The van der Waals surface area contributed by atoms with E-state index in [9.17, 15) is 14.4 Å². The molecule has 0 aliphatic heterocycles. The summed E-state index contributed by atoms with van der Waals surface area (Å²) in [6.07, 6.45) is 0.0478. The normalized spacial score (nSPS) is 12.7. The van der Waals surface area contributed by atoms with E-state index >= 15 is 0 Å². The largest absolute Gasteiger partial charge is 0.382 e. The highest BCUT2D eigenvalue weighted by Gasteiger charge is 2.20. The fraction of sp³-hybridized carbons (Fsp3) is 0.909. The van der Waals surface area contributed by atoms with E-state index in [0.717, 1.165) is 0 Å². The van der Waals surface area contributed by atoms with E-state index in [0.29, 0.717) is 139 Å². The molecule has 16 heteroatoms. The van der Waals surface area contributed by atoms with Gasteiger partial charge in [0, 0.05) is 19.4 Å². The third kappa shape index (κ3) is 35.9. The first-order valence-corrected chi connectivity index (χ1v) is 17.0. The Morgan fingerprint density at radius 1 is 0.449 bits per heavy atom. The fourth-order valence-corrected chi connectivity index (χ4v) is 3.48. The molecule has 0 radical (unpaired) electrons. The van der Waals surface area contributed by atoms with Crippen LogP contribution in [0.15, 0.2) is 0 Å². The van der Waals surface area contributed by atoms with Gasteiger partial charge in [0.25, 0.3) is 0 Å². The first kappa shape index (κ1) is 47.3. The summed E-state index contributed by atoms with van der Waals surface area (Å²) >= 11 is 0. The molecule has 1 N–H and O–H groups in total. The molecule has 0 aromatic heterocycles. The molecule has 0 aliphatic rings. The van der Waals surface area contributed by atoms with Crippen molar-refractivity contribution >= 4 is 17.5 Å². The zero-order valence-electron chi connectivity index (χ0n) is 30.2. The minimum atomic E-state index is -0.569. The van der Waals surface area contributed by atoms with Gasteiger partial charge in [-0.05, 0) is 13.8 Å². The molecule has 0 aliphatic carbocycles. The van der Waals surface area contributed by atoms with Crippen LogP contribution in [0.2, 0.25) is 0 Å². The minimum absolute atomic E-state index is 0.0478.